The number of anilines is 1. The highest BCUT2D eigenvalue weighted by molar-refractivity contribution is 5.95. The number of carbonyl (C=O) groups excluding carboxylic acids is 2. The third kappa shape index (κ3) is 6.94. The number of nitrogens with one attached hydrogen (secondary N) is 1. The average Bonchev–Trinajstić information content (AvgIpc) is 2.62. The highest BCUT2D eigenvalue weighted by Crippen LogP contribution is 2.16. The predicted octanol–water partition coefficient (Wildman–Crippen LogP) is 3.66. The Balaban J connectivity index is 2.01. The van der Waals surface area contributed by atoms with Gasteiger partial charge in [-0.1, -0.05) is 18.2 Å². The molecule has 0 aliphatic rings. The van der Waals surface area contributed by atoms with Gasteiger partial charge in [0, 0.05) is 23.3 Å². The van der Waals surface area contributed by atoms with Crippen molar-refractivity contribution in [1.82, 2.24) is 9.80 Å². The predicted molar refractivity (Wildman–Crippen MR) is 109 cm³/mol. The molecule has 156 valence electrons. The van der Waals surface area contributed by atoms with E-state index in [0.717, 1.165) is 0 Å². The highest BCUT2D eigenvalue weighted by Gasteiger charge is 2.29. The molecule has 2 aromatic rings. The molecule has 2 aromatic carbocycles. The van der Waals surface area contributed by atoms with Gasteiger partial charge in [-0.2, -0.15) is 0 Å². The van der Waals surface area contributed by atoms with Gasteiger partial charge < -0.3 is 10.2 Å². The second-order valence-corrected chi connectivity index (χ2v) is 7.97. The van der Waals surface area contributed by atoms with Crippen LogP contribution in [-0.4, -0.2) is 47.3 Å². The summed E-state index contributed by atoms with van der Waals surface area (Å²) in [5, 5.41) is 2.66. The molecular formula is C22H27F2N3O2. The molecule has 0 saturated heterocycles. The molecule has 0 fully saturated rings. The first-order chi connectivity index (χ1) is 13.6. The molecule has 0 radical (unpaired) electrons. The fraction of sp³-hybridized carbons (Fsp3) is 0.364. The molecule has 2 amide bonds. The van der Waals surface area contributed by atoms with Gasteiger partial charge in [0.2, 0.25) is 11.8 Å². The number of nitrogens with zero attached hydrogens (tertiary/aromatic N) is 2. The van der Waals surface area contributed by atoms with Crippen molar-refractivity contribution in [3.8, 4) is 0 Å². The lowest BCUT2D eigenvalue weighted by Gasteiger charge is -2.36. The smallest absolute Gasteiger partial charge is 0.244 e. The molecule has 0 spiro atoms. The van der Waals surface area contributed by atoms with Gasteiger partial charge in [0.15, 0.2) is 0 Å². The van der Waals surface area contributed by atoms with Crippen LogP contribution in [0.1, 0.15) is 26.3 Å². The van der Waals surface area contributed by atoms with Gasteiger partial charge in [-0.3, -0.25) is 14.5 Å². The van der Waals surface area contributed by atoms with E-state index in [2.05, 4.69) is 5.32 Å². The van der Waals surface area contributed by atoms with Crippen LogP contribution in [0.15, 0.2) is 48.5 Å². The minimum Gasteiger partial charge on any atom is -0.327 e. The molecule has 0 saturated carbocycles. The monoisotopic (exact) mass is 403 g/mol. The minimum atomic E-state index is -0.587. The van der Waals surface area contributed by atoms with E-state index in [1.807, 2.05) is 20.8 Å². The highest BCUT2D eigenvalue weighted by atomic mass is 19.1. The maximum Gasteiger partial charge on any atom is 0.244 e. The quantitative estimate of drug-likeness (QED) is 0.768. The first-order valence-corrected chi connectivity index (χ1v) is 9.34. The summed E-state index contributed by atoms with van der Waals surface area (Å²) in [6.07, 6.45) is 0. The minimum absolute atomic E-state index is 0.0371. The van der Waals surface area contributed by atoms with Crippen molar-refractivity contribution < 1.29 is 18.4 Å². The van der Waals surface area contributed by atoms with E-state index in [9.17, 15) is 18.4 Å². The first-order valence-electron chi connectivity index (χ1n) is 9.34. The van der Waals surface area contributed by atoms with Crippen LogP contribution >= 0.6 is 0 Å². The summed E-state index contributed by atoms with van der Waals surface area (Å²) in [7, 11) is 1.73. The Hall–Kier alpha value is -2.80. The summed E-state index contributed by atoms with van der Waals surface area (Å²) in [5.74, 6) is -1.34. The first kappa shape index (κ1) is 22.5. The molecule has 29 heavy (non-hydrogen) atoms. The van der Waals surface area contributed by atoms with Gasteiger partial charge in [0.05, 0.1) is 6.54 Å². The van der Waals surface area contributed by atoms with Crippen LogP contribution < -0.4 is 5.32 Å². The third-order valence-corrected chi connectivity index (χ3v) is 4.34. The molecular weight excluding hydrogens is 376 g/mol. The van der Waals surface area contributed by atoms with Gasteiger partial charge in [-0.05, 0) is 58.2 Å². The van der Waals surface area contributed by atoms with Gasteiger partial charge in [-0.15, -0.1) is 0 Å². The van der Waals surface area contributed by atoms with Crippen molar-refractivity contribution in [1.29, 1.82) is 0 Å². The van der Waals surface area contributed by atoms with Gasteiger partial charge in [0.25, 0.3) is 0 Å². The van der Waals surface area contributed by atoms with E-state index in [0.29, 0.717) is 11.3 Å². The number of rotatable bonds is 7. The summed E-state index contributed by atoms with van der Waals surface area (Å²) < 4.78 is 26.8. The Morgan fingerprint density at radius 1 is 0.966 bits per heavy atom. The Bertz CT molecular complexity index is 848. The van der Waals surface area contributed by atoms with Gasteiger partial charge in [0.1, 0.15) is 18.2 Å². The Labute approximate surface area is 170 Å². The number of hydrogen-bond acceptors (Lipinski definition) is 3. The van der Waals surface area contributed by atoms with Crippen LogP contribution in [0.4, 0.5) is 14.5 Å². The third-order valence-electron chi connectivity index (χ3n) is 4.34. The zero-order chi connectivity index (χ0) is 21.6. The van der Waals surface area contributed by atoms with Crippen molar-refractivity contribution in [2.45, 2.75) is 32.9 Å². The average molecular weight is 403 g/mol. The fourth-order valence-corrected chi connectivity index (χ4v) is 2.87. The summed E-state index contributed by atoms with van der Waals surface area (Å²) in [5.41, 5.74) is 0.365. The SMILES string of the molecule is CN(CC(=O)N(CC(=O)Nc1ccc(F)cc1)C(C)(C)C)Cc1ccccc1F. The fourth-order valence-electron chi connectivity index (χ4n) is 2.87. The van der Waals surface area contributed by atoms with Crippen LogP contribution in [0.5, 0.6) is 0 Å². The standard InChI is InChI=1S/C22H27F2N3O2/c1-22(2,3)27(14-20(28)25-18-11-9-17(23)10-12-18)21(29)15-26(4)13-16-7-5-6-8-19(16)24/h5-12H,13-15H2,1-4H3,(H,25,28). The molecule has 0 aliphatic heterocycles. The zero-order valence-electron chi connectivity index (χ0n) is 17.2. The summed E-state index contributed by atoms with van der Waals surface area (Å²) >= 11 is 0. The largest absolute Gasteiger partial charge is 0.327 e. The van der Waals surface area contributed by atoms with Crippen molar-refractivity contribution in [3.05, 3.63) is 65.7 Å². The molecule has 7 heteroatoms. The number of amides is 2. The lowest BCUT2D eigenvalue weighted by molar-refractivity contribution is -0.140. The second kappa shape index (κ2) is 9.60. The Morgan fingerprint density at radius 3 is 2.17 bits per heavy atom. The molecule has 0 unspecified atom stereocenters. The zero-order valence-corrected chi connectivity index (χ0v) is 17.2. The molecule has 2 rings (SSSR count). The molecule has 0 bridgehead atoms. The Morgan fingerprint density at radius 2 is 1.59 bits per heavy atom. The van der Waals surface area contributed by atoms with Crippen LogP contribution in [0.25, 0.3) is 0 Å². The van der Waals surface area contributed by atoms with Crippen molar-refractivity contribution >= 4 is 17.5 Å². The maximum absolute atomic E-state index is 13.8. The maximum atomic E-state index is 13.8. The van der Waals surface area contributed by atoms with Gasteiger partial charge in [-0.25, -0.2) is 8.78 Å². The van der Waals surface area contributed by atoms with Crippen LogP contribution in [0, 0.1) is 11.6 Å². The summed E-state index contributed by atoms with van der Waals surface area (Å²) in [4.78, 5) is 28.5. The van der Waals surface area contributed by atoms with E-state index in [-0.39, 0.29) is 37.3 Å². The van der Waals surface area contributed by atoms with Gasteiger partial charge >= 0.3 is 0 Å². The van der Waals surface area contributed by atoms with Crippen molar-refractivity contribution in [3.63, 3.8) is 0 Å². The lowest BCUT2D eigenvalue weighted by Crippen LogP contribution is -2.52. The topological polar surface area (TPSA) is 52.7 Å². The normalized spacial score (nSPS) is 11.4. The van der Waals surface area contributed by atoms with E-state index in [1.54, 1.807) is 30.1 Å². The second-order valence-electron chi connectivity index (χ2n) is 7.97. The van der Waals surface area contributed by atoms with Crippen LogP contribution in [0.2, 0.25) is 0 Å². The molecule has 0 aliphatic carbocycles. The van der Waals surface area contributed by atoms with Crippen molar-refractivity contribution in [2.24, 2.45) is 0 Å². The lowest BCUT2D eigenvalue weighted by atomic mass is 10.1. The molecule has 0 heterocycles. The van der Waals surface area contributed by atoms with Crippen molar-refractivity contribution in [2.75, 3.05) is 25.5 Å². The Kier molecular flexibility index (Phi) is 7.45. The molecule has 1 N–H and O–H groups in total. The van der Waals surface area contributed by atoms with E-state index in [4.69, 9.17) is 0 Å². The van der Waals surface area contributed by atoms with E-state index >= 15 is 0 Å². The molecule has 0 aromatic heterocycles. The van der Waals surface area contributed by atoms with Crippen LogP contribution in [0.3, 0.4) is 0 Å². The molecule has 0 atom stereocenters. The number of carbonyl (C=O) groups is 2. The summed E-state index contributed by atoms with van der Waals surface area (Å²) in [6.45, 7) is 5.69. The number of likely N-dealkylation sites (N-methyl/N-ethyl adjacent to an activating group) is 1. The summed E-state index contributed by atoms with van der Waals surface area (Å²) in [6, 6.07) is 11.8. The van der Waals surface area contributed by atoms with E-state index in [1.165, 1.54) is 35.2 Å². The number of benzene rings is 2. The molecule has 5 nitrogen and oxygen atoms in total. The van der Waals surface area contributed by atoms with Crippen LogP contribution in [-0.2, 0) is 16.1 Å². The number of hydrogen-bond donors (Lipinski definition) is 1. The van der Waals surface area contributed by atoms with E-state index < -0.39 is 11.4 Å². The number of halogens is 2.